The third-order valence-electron chi connectivity index (χ3n) is 3.07. The molecule has 1 aromatic carbocycles. The summed E-state index contributed by atoms with van der Waals surface area (Å²) < 4.78 is 29.9. The molecular weight excluding hydrogens is 336 g/mol. The van der Waals surface area contributed by atoms with Crippen molar-refractivity contribution < 1.29 is 27.6 Å². The second kappa shape index (κ2) is 8.22. The molecule has 0 aromatic heterocycles. The molecule has 1 amide bonds. The van der Waals surface area contributed by atoms with Crippen LogP contribution in [-0.2, 0) is 24.4 Å². The van der Waals surface area contributed by atoms with Crippen molar-refractivity contribution in [2.75, 3.05) is 14.2 Å². The van der Waals surface area contributed by atoms with Gasteiger partial charge in [-0.25, -0.2) is 13.2 Å². The van der Waals surface area contributed by atoms with Crippen LogP contribution in [-0.4, -0.2) is 51.1 Å². The van der Waals surface area contributed by atoms with E-state index in [1.165, 1.54) is 45.3 Å². The van der Waals surface area contributed by atoms with E-state index < -0.39 is 28.0 Å². The van der Waals surface area contributed by atoms with Crippen LogP contribution in [0.5, 0.6) is 0 Å². The van der Waals surface area contributed by atoms with Crippen LogP contribution in [0, 0.1) is 0 Å². The third kappa shape index (κ3) is 5.02. The lowest BCUT2D eigenvalue weighted by atomic mass is 10.2. The highest BCUT2D eigenvalue weighted by Gasteiger charge is 2.22. The van der Waals surface area contributed by atoms with Crippen molar-refractivity contribution in [2.45, 2.75) is 37.8 Å². The van der Waals surface area contributed by atoms with Crippen molar-refractivity contribution >= 4 is 21.9 Å². The Hall–Kier alpha value is -1.97. The van der Waals surface area contributed by atoms with Gasteiger partial charge in [0.1, 0.15) is 0 Å². The van der Waals surface area contributed by atoms with Crippen LogP contribution in [0.15, 0.2) is 29.2 Å². The second-order valence-corrected chi connectivity index (χ2v) is 7.27. The van der Waals surface area contributed by atoms with Crippen LogP contribution >= 0.6 is 0 Å². The van der Waals surface area contributed by atoms with Gasteiger partial charge in [0.25, 0.3) is 15.9 Å². The summed E-state index contributed by atoms with van der Waals surface area (Å²) in [5.41, 5.74) is 0.137. The molecule has 1 aromatic rings. The Kier molecular flexibility index (Phi) is 6.88. The Morgan fingerprint density at radius 2 is 1.67 bits per heavy atom. The van der Waals surface area contributed by atoms with Crippen molar-refractivity contribution in [2.24, 2.45) is 0 Å². The minimum absolute atomic E-state index is 0.0333. The molecule has 0 radical (unpaired) electrons. The Morgan fingerprint density at radius 3 is 2.12 bits per heavy atom. The topological polar surface area (TPSA) is 102 Å². The van der Waals surface area contributed by atoms with Gasteiger partial charge in [-0.3, -0.25) is 9.63 Å². The molecule has 0 unspecified atom stereocenters. The maximum absolute atomic E-state index is 12.0. The summed E-state index contributed by atoms with van der Waals surface area (Å²) in [6.45, 7) is 5.05. The van der Waals surface area contributed by atoms with E-state index in [4.69, 9.17) is 4.74 Å². The van der Waals surface area contributed by atoms with Gasteiger partial charge in [-0.1, -0.05) is 4.47 Å². The summed E-state index contributed by atoms with van der Waals surface area (Å²) in [5, 5.41) is 2.63. The molecule has 1 rings (SSSR count). The highest BCUT2D eigenvalue weighted by molar-refractivity contribution is 7.89. The first-order chi connectivity index (χ1) is 11.1. The lowest BCUT2D eigenvalue weighted by Gasteiger charge is -2.16. The van der Waals surface area contributed by atoms with Crippen LogP contribution in [0.4, 0.5) is 0 Å². The van der Waals surface area contributed by atoms with Crippen molar-refractivity contribution in [3.8, 4) is 0 Å². The minimum Gasteiger partial charge on any atom is -0.449 e. The maximum Gasteiger partial charge on any atom is 0.338 e. The maximum atomic E-state index is 12.0. The average molecular weight is 358 g/mol. The SMILES string of the molecule is CON(C)S(=O)(=O)c1ccc(C(=O)O[C@@H](C)C(=O)NC(C)C)cc1. The lowest BCUT2D eigenvalue weighted by molar-refractivity contribution is -0.129. The van der Waals surface area contributed by atoms with Gasteiger partial charge in [-0.05, 0) is 45.0 Å². The van der Waals surface area contributed by atoms with E-state index in [1.807, 2.05) is 0 Å². The van der Waals surface area contributed by atoms with E-state index in [9.17, 15) is 18.0 Å². The first-order valence-electron chi connectivity index (χ1n) is 7.24. The van der Waals surface area contributed by atoms with Gasteiger partial charge in [0.05, 0.1) is 17.6 Å². The molecule has 0 heterocycles. The highest BCUT2D eigenvalue weighted by atomic mass is 32.2. The number of hydroxylamine groups is 1. The number of carbonyl (C=O) groups excluding carboxylic acids is 2. The Labute approximate surface area is 141 Å². The number of carbonyl (C=O) groups is 2. The number of esters is 1. The standard InChI is InChI=1S/C15H22N2O6S/c1-10(2)16-14(18)11(3)23-15(19)12-6-8-13(9-7-12)24(20,21)17(4)22-5/h6-11H,1-5H3,(H,16,18)/t11-/m0/s1. The summed E-state index contributed by atoms with van der Waals surface area (Å²) in [6, 6.07) is 5.08. The zero-order chi connectivity index (χ0) is 18.5. The normalized spacial score (nSPS) is 13.0. The second-order valence-electron chi connectivity index (χ2n) is 5.33. The molecule has 0 aliphatic carbocycles. The summed E-state index contributed by atoms with van der Waals surface area (Å²) in [6.07, 6.45) is -0.956. The molecule has 1 atom stereocenters. The molecule has 0 aliphatic heterocycles. The zero-order valence-corrected chi connectivity index (χ0v) is 15.1. The van der Waals surface area contributed by atoms with Crippen molar-refractivity contribution in [1.82, 2.24) is 9.79 Å². The van der Waals surface area contributed by atoms with Gasteiger partial charge in [-0.15, -0.1) is 0 Å². The molecule has 24 heavy (non-hydrogen) atoms. The number of ether oxygens (including phenoxy) is 1. The van der Waals surface area contributed by atoms with Crippen molar-refractivity contribution in [3.63, 3.8) is 0 Å². The van der Waals surface area contributed by atoms with Gasteiger partial charge in [0.15, 0.2) is 6.10 Å². The Balaban J connectivity index is 2.83. The van der Waals surface area contributed by atoms with Crippen LogP contribution in [0.1, 0.15) is 31.1 Å². The highest BCUT2D eigenvalue weighted by Crippen LogP contribution is 2.16. The molecule has 8 nitrogen and oxygen atoms in total. The van der Waals surface area contributed by atoms with Gasteiger partial charge in [0.2, 0.25) is 0 Å². The van der Waals surface area contributed by atoms with Crippen LogP contribution in [0.25, 0.3) is 0 Å². The van der Waals surface area contributed by atoms with E-state index in [2.05, 4.69) is 10.2 Å². The summed E-state index contributed by atoms with van der Waals surface area (Å²) in [4.78, 5) is 28.4. The average Bonchev–Trinajstić information content (AvgIpc) is 2.53. The molecule has 9 heteroatoms. The minimum atomic E-state index is -3.79. The number of hydrogen-bond donors (Lipinski definition) is 1. The summed E-state index contributed by atoms with van der Waals surface area (Å²) in [5.74, 6) is -1.12. The van der Waals surface area contributed by atoms with Gasteiger partial charge in [-0.2, -0.15) is 0 Å². The zero-order valence-electron chi connectivity index (χ0n) is 14.3. The largest absolute Gasteiger partial charge is 0.449 e. The molecule has 0 saturated carbocycles. The predicted octanol–water partition coefficient (Wildman–Crippen LogP) is 0.938. The van der Waals surface area contributed by atoms with E-state index in [0.29, 0.717) is 4.47 Å². The smallest absolute Gasteiger partial charge is 0.338 e. The first-order valence-corrected chi connectivity index (χ1v) is 8.68. The number of amides is 1. The van der Waals surface area contributed by atoms with E-state index >= 15 is 0 Å². The predicted molar refractivity (Wildman–Crippen MR) is 86.6 cm³/mol. The number of nitrogens with zero attached hydrogens (tertiary/aromatic N) is 1. The Morgan fingerprint density at radius 1 is 1.12 bits per heavy atom. The summed E-state index contributed by atoms with van der Waals surface area (Å²) in [7, 11) is -1.30. The van der Waals surface area contributed by atoms with Crippen LogP contribution in [0.3, 0.4) is 0 Å². The van der Waals surface area contributed by atoms with Gasteiger partial charge < -0.3 is 10.1 Å². The molecule has 0 fully saturated rings. The molecular formula is C15H22N2O6S. The number of hydrogen-bond acceptors (Lipinski definition) is 6. The summed E-state index contributed by atoms with van der Waals surface area (Å²) >= 11 is 0. The van der Waals surface area contributed by atoms with Crippen LogP contribution < -0.4 is 5.32 Å². The van der Waals surface area contributed by atoms with Gasteiger partial charge in [0, 0.05) is 13.1 Å². The number of nitrogens with one attached hydrogen (secondary N) is 1. The number of sulfonamides is 1. The van der Waals surface area contributed by atoms with Crippen LogP contribution in [0.2, 0.25) is 0 Å². The van der Waals surface area contributed by atoms with E-state index in [1.54, 1.807) is 13.8 Å². The quantitative estimate of drug-likeness (QED) is 0.575. The molecule has 0 saturated heterocycles. The molecule has 0 aliphatic rings. The van der Waals surface area contributed by atoms with Crippen molar-refractivity contribution in [1.29, 1.82) is 0 Å². The molecule has 0 bridgehead atoms. The molecule has 0 spiro atoms. The monoisotopic (exact) mass is 358 g/mol. The molecule has 134 valence electrons. The fraction of sp³-hybridized carbons (Fsp3) is 0.467. The van der Waals surface area contributed by atoms with E-state index in [0.717, 1.165) is 0 Å². The first kappa shape index (κ1) is 20.1. The van der Waals surface area contributed by atoms with Crippen molar-refractivity contribution in [3.05, 3.63) is 29.8 Å². The Bertz CT molecular complexity index is 684. The lowest BCUT2D eigenvalue weighted by Crippen LogP contribution is -2.39. The fourth-order valence-electron chi connectivity index (χ4n) is 1.69. The number of rotatable bonds is 7. The fourth-order valence-corrected chi connectivity index (χ4v) is 2.67. The third-order valence-corrected chi connectivity index (χ3v) is 4.76. The van der Waals surface area contributed by atoms with E-state index in [-0.39, 0.29) is 16.5 Å². The number of benzene rings is 1. The molecule has 1 N–H and O–H groups in total. The van der Waals surface area contributed by atoms with Gasteiger partial charge >= 0.3 is 5.97 Å².